The highest BCUT2D eigenvalue weighted by Crippen LogP contribution is 2.43. The molecule has 1 aromatic carbocycles. The number of likely N-dealkylation sites (N-methyl/N-ethyl adjacent to an activating group) is 1. The second-order valence-corrected chi connectivity index (χ2v) is 29.4. The van der Waals surface area contributed by atoms with Crippen molar-refractivity contribution >= 4 is 115 Å². The lowest BCUT2D eigenvalue weighted by atomic mass is 9.85. The third-order valence-corrected chi connectivity index (χ3v) is 22.3. The van der Waals surface area contributed by atoms with Crippen LogP contribution in [-0.2, 0) is 56.0 Å². The average Bonchev–Trinajstić information content (AvgIpc) is 1.61. The summed E-state index contributed by atoms with van der Waals surface area (Å²) >= 11 is 4.74. The van der Waals surface area contributed by atoms with E-state index in [2.05, 4.69) is 46.4 Å². The van der Waals surface area contributed by atoms with Gasteiger partial charge in [0.05, 0.1) is 56.3 Å². The molecule has 8 aromatic rings. The first-order valence-corrected chi connectivity index (χ1v) is 36.6. The number of aliphatic hydroxyl groups excluding tert-OH is 1. The Morgan fingerprint density at radius 1 is 0.843 bits per heavy atom. The number of cyclic esters (lactones) is 2. The van der Waals surface area contributed by atoms with Crippen molar-refractivity contribution in [1.29, 1.82) is 0 Å². The third-order valence-electron chi connectivity index (χ3n) is 17.8. The van der Waals surface area contributed by atoms with E-state index in [1.165, 1.54) is 54.6 Å². The molecule has 0 spiro atoms. The number of esters is 2. The van der Waals surface area contributed by atoms with Crippen LogP contribution < -0.4 is 26.6 Å². The van der Waals surface area contributed by atoms with E-state index in [4.69, 9.17) is 48.1 Å². The number of aromatic hydroxyl groups is 1. The molecule has 10 atom stereocenters. The summed E-state index contributed by atoms with van der Waals surface area (Å²) < 4.78 is 43.8. The maximum Gasteiger partial charge on any atom is 0.358 e. The van der Waals surface area contributed by atoms with E-state index < -0.39 is 133 Å². The number of carbonyl (C=O) groups excluding carboxylic acids is 7. The summed E-state index contributed by atoms with van der Waals surface area (Å²) in [5, 5.41) is 69.0. The van der Waals surface area contributed by atoms with Gasteiger partial charge in [-0.1, -0.05) is 12.1 Å². The van der Waals surface area contributed by atoms with Crippen LogP contribution in [0.2, 0.25) is 0 Å². The second-order valence-electron chi connectivity index (χ2n) is 25.1. The van der Waals surface area contributed by atoms with Crippen molar-refractivity contribution < 1.29 is 87.2 Å². The van der Waals surface area contributed by atoms with Crippen LogP contribution >= 0.6 is 56.7 Å². The van der Waals surface area contributed by atoms with Gasteiger partial charge in [-0.25, -0.2) is 39.5 Å². The highest BCUT2D eigenvalue weighted by molar-refractivity contribution is 7.14. The lowest BCUT2D eigenvalue weighted by Crippen LogP contribution is -2.62. The molecule has 102 heavy (non-hydrogen) atoms. The first-order valence-electron chi connectivity index (χ1n) is 32.2. The zero-order chi connectivity index (χ0) is 72.0. The number of rotatable bonds is 11. The summed E-state index contributed by atoms with van der Waals surface area (Å²) in [6.45, 7) is 8.35. The van der Waals surface area contributed by atoms with E-state index in [0.717, 1.165) is 76.3 Å². The Morgan fingerprint density at radius 2 is 1.53 bits per heavy atom. The van der Waals surface area contributed by atoms with Gasteiger partial charge in [0.1, 0.15) is 120 Å². The summed E-state index contributed by atoms with van der Waals surface area (Å²) in [6, 6.07) is 0.851. The number of hydrogen-bond donors (Lipinski definition) is 9. The summed E-state index contributed by atoms with van der Waals surface area (Å²) in [7, 11) is 4.87. The molecule has 12 bridgehead atoms. The average molecular weight is 1500 g/mol. The molecule has 5 aliphatic rings. The topological polar surface area (TPSA) is 414 Å². The van der Waals surface area contributed by atoms with Crippen molar-refractivity contribution in [2.45, 2.75) is 114 Å². The lowest BCUT2D eigenvalue weighted by Gasteiger charge is -2.48. The number of aromatic nitrogens is 7. The van der Waals surface area contributed by atoms with Crippen molar-refractivity contribution in [3.8, 4) is 38.4 Å². The van der Waals surface area contributed by atoms with Crippen LogP contribution in [0, 0.1) is 0 Å². The zero-order valence-corrected chi connectivity index (χ0v) is 59.8. The molecule has 7 aromatic heterocycles. The molecule has 9 N–H and O–H groups in total. The van der Waals surface area contributed by atoms with Crippen LogP contribution in [0.1, 0.15) is 131 Å². The Morgan fingerprint density at radius 3 is 2.27 bits per heavy atom. The number of aliphatic hydroxyl groups is 2. The molecule has 37 heteroatoms. The molecule has 5 amide bonds. The molecule has 2 fully saturated rings. The molecule has 2 saturated heterocycles. The van der Waals surface area contributed by atoms with Crippen molar-refractivity contribution in [3.05, 3.63) is 112 Å². The van der Waals surface area contributed by atoms with Crippen molar-refractivity contribution in [2.75, 3.05) is 67.2 Å². The number of amides is 5. The normalized spacial score (nSPS) is 24.7. The van der Waals surface area contributed by atoms with Crippen LogP contribution in [0.5, 0.6) is 5.75 Å². The molecular weight excluding hydrogens is 1430 g/mol. The number of nitrogens with zero attached hydrogens (tertiary/aromatic N) is 9. The van der Waals surface area contributed by atoms with Crippen molar-refractivity contribution in [3.63, 3.8) is 0 Å². The number of pyridine rings is 1. The fourth-order valence-electron chi connectivity index (χ4n) is 12.9. The first-order chi connectivity index (χ1) is 48.9. The van der Waals surface area contributed by atoms with Gasteiger partial charge in [-0.05, 0) is 72.5 Å². The van der Waals surface area contributed by atoms with E-state index in [9.17, 15) is 34.9 Å². The zero-order valence-electron chi connectivity index (χ0n) is 55.7. The predicted molar refractivity (Wildman–Crippen MR) is 368 cm³/mol. The highest BCUT2D eigenvalue weighted by Gasteiger charge is 2.50. The largest absolute Gasteiger partial charge is 0.506 e. The Bertz CT molecular complexity index is 4590. The van der Waals surface area contributed by atoms with Gasteiger partial charge in [0.25, 0.3) is 23.6 Å². The highest BCUT2D eigenvalue weighted by atomic mass is 32.1. The quantitative estimate of drug-likeness (QED) is 0.0369. The standard InChI is InChI=1S/C65H70N14O18S5/c1-28(80)44-57(86)75-45(29(2)91-7)60-71-39(27-100-60)56(85)76-48-50-51(97-42-19-65(4,89)52(77(5)6)30(3)96-42)64(88)94-20-31-10-8-11-40-43(31)33(21-93-50)49(79(40)90)63(87)95-22-34(67-54(83)37-26-102-62(48)72-37)59-68-35(23-99-59)46-32(58-69-38(25-98-58)55(84)74-44)18-41(81)47(73-46)61-70-36(24-101-61)53(82)66-12-9-13-78-14-16-92-17-15-78/h8,10-11,18,23-28,30,34,42,44,48,50-52,80-81,89-90H,9,12-17,19-22H2,1-7H3,(H,66,82)(H,67,83)(H,74,84)(H,75,86)(H,76,85)/b45-29+/t28-,30+,34+,42+,44+,48+,50+,51+,52-,65+/m1/s1. The molecule has 0 saturated carbocycles. The number of carbonyl (C=O) groups is 7. The predicted octanol–water partition coefficient (Wildman–Crippen LogP) is 4.61. The van der Waals surface area contributed by atoms with Crippen LogP contribution in [0.15, 0.2) is 56.9 Å². The summed E-state index contributed by atoms with van der Waals surface area (Å²) in [6.07, 6.45) is -6.80. The van der Waals surface area contributed by atoms with Crippen LogP contribution in [-0.4, -0.2) is 222 Å². The first kappa shape index (κ1) is 71.6. The van der Waals surface area contributed by atoms with Crippen molar-refractivity contribution in [1.82, 2.24) is 71.0 Å². The van der Waals surface area contributed by atoms with E-state index in [0.29, 0.717) is 36.5 Å². The molecule has 32 nitrogen and oxygen atoms in total. The maximum atomic E-state index is 15.2. The van der Waals surface area contributed by atoms with Gasteiger partial charge >= 0.3 is 11.9 Å². The van der Waals surface area contributed by atoms with Gasteiger partial charge in [-0.15, -0.1) is 56.7 Å². The van der Waals surface area contributed by atoms with Gasteiger partial charge in [0.15, 0.2) is 18.1 Å². The SMILES string of the molecule is CO/C(C)=C1/NC(=O)[C@H]([C@@H](C)O)NC(=O)c2csc(n2)-c2cc(O)c(-c3nc(C(=O)NCCCN4CCOCC4)cs3)nc2-c2csc(n2)[C@@H]2COC(=O)c3c4c5c(cccc5n3O)COC(=O)[C@@H](O[C@H]3C[C@](C)(O)[C@H](N(C)C)[C@H](C)O3)[C@@H](OC4)[C@H](NC(=O)c3csc1n3)c1nc(cs1)C(=O)N2. The third kappa shape index (κ3) is 14.6. The Kier molecular flexibility index (Phi) is 21.0. The van der Waals surface area contributed by atoms with E-state index >= 15 is 19.2 Å². The minimum Gasteiger partial charge on any atom is -0.506 e. The van der Waals surface area contributed by atoms with Gasteiger partial charge in [-0.3, -0.25) is 28.9 Å². The summed E-state index contributed by atoms with van der Waals surface area (Å²) in [5.41, 5.74) is -2.09. The Hall–Kier alpha value is -8.83. The fourth-order valence-corrected chi connectivity index (χ4v) is 17.1. The van der Waals surface area contributed by atoms with E-state index in [1.54, 1.807) is 50.4 Å². The molecule has 12 heterocycles. The van der Waals surface area contributed by atoms with E-state index in [-0.39, 0.29) is 105 Å². The summed E-state index contributed by atoms with van der Waals surface area (Å²) in [4.78, 5) is 135. The maximum absolute atomic E-state index is 15.2. The molecule has 13 rings (SSSR count). The van der Waals surface area contributed by atoms with Crippen molar-refractivity contribution in [2.24, 2.45) is 0 Å². The minimum atomic E-state index is -1.90. The van der Waals surface area contributed by atoms with Crippen LogP contribution in [0.3, 0.4) is 0 Å². The van der Waals surface area contributed by atoms with Crippen LogP contribution in [0.25, 0.3) is 49.3 Å². The Labute approximate surface area is 601 Å². The number of fused-ring (bicyclic) bond motifs is 15. The second kappa shape index (κ2) is 29.9. The minimum absolute atomic E-state index is 0.00191. The Balaban J connectivity index is 0.951. The molecule has 5 aliphatic heterocycles. The van der Waals surface area contributed by atoms with Gasteiger partial charge in [0.2, 0.25) is 5.91 Å². The number of methoxy groups -OCH3 is 1. The number of benzene rings is 1. The smallest absolute Gasteiger partial charge is 0.358 e. The molecule has 0 radical (unpaired) electrons. The summed E-state index contributed by atoms with van der Waals surface area (Å²) in [5.74, 6) is -6.62. The number of nitrogens with one attached hydrogen (secondary N) is 5. The van der Waals surface area contributed by atoms with Crippen LogP contribution in [0.4, 0.5) is 0 Å². The lowest BCUT2D eigenvalue weighted by molar-refractivity contribution is -0.280. The van der Waals surface area contributed by atoms with Gasteiger partial charge < -0.3 is 85.2 Å². The molecule has 0 aliphatic carbocycles. The number of morpholine rings is 1. The number of allylic oxidation sites excluding steroid dienone is 1. The van der Waals surface area contributed by atoms with Gasteiger partial charge in [-0.2, -0.15) is 4.73 Å². The number of hydrogen-bond acceptors (Lipinski definition) is 31. The molecule has 538 valence electrons. The van der Waals surface area contributed by atoms with Gasteiger partial charge in [0, 0.05) is 69.5 Å². The van der Waals surface area contributed by atoms with E-state index in [1.807, 2.05) is 0 Å². The monoisotopic (exact) mass is 1490 g/mol. The number of ether oxygens (including phenoxy) is 7. The fraction of sp³-hybridized carbons (Fsp3) is 0.431. The number of thiazole rings is 5. The molecular formula is C65H70N14O18S5. The molecule has 0 unspecified atom stereocenters.